The largest absolute Gasteiger partial charge is 0.486 e. The Bertz CT molecular complexity index is 889. The average Bonchev–Trinajstić information content (AvgIpc) is 3.17. The first-order valence-corrected chi connectivity index (χ1v) is 8.99. The monoisotopic (exact) mass is 351 g/mol. The quantitative estimate of drug-likeness (QED) is 0.769. The molecule has 0 spiro atoms. The van der Waals surface area contributed by atoms with E-state index in [0.29, 0.717) is 24.6 Å². The number of ether oxygens (including phenoxy) is 2. The molecule has 0 bridgehead atoms. The fourth-order valence-corrected chi connectivity index (χ4v) is 3.69. The lowest BCUT2D eigenvalue weighted by atomic mass is 10.1. The van der Waals surface area contributed by atoms with Gasteiger partial charge in [-0.05, 0) is 23.1 Å². The van der Waals surface area contributed by atoms with Crippen molar-refractivity contribution in [2.45, 2.75) is 6.54 Å². The number of benzene rings is 2. The van der Waals surface area contributed by atoms with Crippen molar-refractivity contribution < 1.29 is 14.3 Å². The first-order valence-electron chi connectivity index (χ1n) is 8.11. The van der Waals surface area contributed by atoms with Gasteiger partial charge in [-0.25, -0.2) is 0 Å². The first kappa shape index (κ1) is 15.7. The van der Waals surface area contributed by atoms with Crippen molar-refractivity contribution in [2.24, 2.45) is 0 Å². The van der Waals surface area contributed by atoms with Gasteiger partial charge < -0.3 is 14.8 Å². The number of nitrogens with one attached hydrogen (secondary N) is 1. The second-order valence-electron chi connectivity index (χ2n) is 5.65. The van der Waals surface area contributed by atoms with E-state index >= 15 is 0 Å². The van der Waals surface area contributed by atoms with Crippen LogP contribution in [-0.2, 0) is 6.54 Å². The minimum Gasteiger partial charge on any atom is -0.486 e. The molecule has 0 atom stereocenters. The molecule has 1 aliphatic rings. The van der Waals surface area contributed by atoms with Crippen LogP contribution in [0.3, 0.4) is 0 Å². The second-order valence-corrected chi connectivity index (χ2v) is 6.57. The number of hydrogen-bond acceptors (Lipinski definition) is 4. The Morgan fingerprint density at radius 3 is 2.72 bits per heavy atom. The SMILES string of the molecule is O=C(NCc1cccc2c1OCCO2)c1sccc1-c1ccccc1. The molecular formula is C20H17NO3S. The molecule has 4 rings (SSSR count). The van der Waals surface area contributed by atoms with E-state index in [-0.39, 0.29) is 5.91 Å². The molecule has 0 unspecified atom stereocenters. The zero-order valence-corrected chi connectivity index (χ0v) is 14.3. The molecule has 5 heteroatoms. The van der Waals surface area contributed by atoms with E-state index in [2.05, 4.69) is 5.32 Å². The highest BCUT2D eigenvalue weighted by Crippen LogP contribution is 2.34. The van der Waals surface area contributed by atoms with Gasteiger partial charge in [-0.15, -0.1) is 11.3 Å². The van der Waals surface area contributed by atoms with Crippen LogP contribution in [0.2, 0.25) is 0 Å². The Hall–Kier alpha value is -2.79. The number of hydrogen-bond donors (Lipinski definition) is 1. The Morgan fingerprint density at radius 1 is 1.00 bits per heavy atom. The third-order valence-electron chi connectivity index (χ3n) is 4.04. The number of rotatable bonds is 4. The highest BCUT2D eigenvalue weighted by atomic mass is 32.1. The van der Waals surface area contributed by atoms with Crippen LogP contribution in [0.1, 0.15) is 15.2 Å². The van der Waals surface area contributed by atoms with Crippen LogP contribution in [0, 0.1) is 0 Å². The van der Waals surface area contributed by atoms with Gasteiger partial charge in [-0.2, -0.15) is 0 Å². The third-order valence-corrected chi connectivity index (χ3v) is 4.96. The molecule has 0 radical (unpaired) electrons. The van der Waals surface area contributed by atoms with Crippen LogP contribution in [0.25, 0.3) is 11.1 Å². The highest BCUT2D eigenvalue weighted by molar-refractivity contribution is 7.12. The number of thiophene rings is 1. The number of fused-ring (bicyclic) bond motifs is 1. The van der Waals surface area contributed by atoms with Crippen LogP contribution in [-0.4, -0.2) is 19.1 Å². The van der Waals surface area contributed by atoms with Crippen LogP contribution in [0.5, 0.6) is 11.5 Å². The summed E-state index contributed by atoms with van der Waals surface area (Å²) in [4.78, 5) is 13.4. The van der Waals surface area contributed by atoms with Gasteiger partial charge in [0.2, 0.25) is 0 Å². The van der Waals surface area contributed by atoms with Crippen molar-refractivity contribution in [1.82, 2.24) is 5.32 Å². The van der Waals surface area contributed by atoms with E-state index in [1.165, 1.54) is 11.3 Å². The molecule has 0 saturated carbocycles. The van der Waals surface area contributed by atoms with Crippen molar-refractivity contribution in [3.63, 3.8) is 0 Å². The van der Waals surface area contributed by atoms with Crippen LogP contribution < -0.4 is 14.8 Å². The van der Waals surface area contributed by atoms with Gasteiger partial charge >= 0.3 is 0 Å². The molecular weight excluding hydrogens is 334 g/mol. The molecule has 3 aromatic rings. The summed E-state index contributed by atoms with van der Waals surface area (Å²) >= 11 is 1.45. The predicted octanol–water partition coefficient (Wildman–Crippen LogP) is 4.12. The molecule has 126 valence electrons. The van der Waals surface area contributed by atoms with Crippen LogP contribution in [0.15, 0.2) is 60.0 Å². The van der Waals surface area contributed by atoms with Gasteiger partial charge in [-0.1, -0.05) is 42.5 Å². The molecule has 2 heterocycles. The fraction of sp³-hybridized carbons (Fsp3) is 0.150. The number of carbonyl (C=O) groups excluding carboxylic acids is 1. The summed E-state index contributed by atoms with van der Waals surface area (Å²) in [7, 11) is 0. The molecule has 0 fully saturated rings. The zero-order valence-electron chi connectivity index (χ0n) is 13.5. The lowest BCUT2D eigenvalue weighted by Gasteiger charge is -2.21. The predicted molar refractivity (Wildman–Crippen MR) is 98.4 cm³/mol. The molecule has 25 heavy (non-hydrogen) atoms. The van der Waals surface area contributed by atoms with Gasteiger partial charge in [0.1, 0.15) is 13.2 Å². The molecule has 1 aromatic heterocycles. The molecule has 2 aromatic carbocycles. The molecule has 0 aliphatic carbocycles. The summed E-state index contributed by atoms with van der Waals surface area (Å²) in [6, 6.07) is 17.7. The fourth-order valence-electron chi connectivity index (χ4n) is 2.86. The van der Waals surface area contributed by atoms with Crippen molar-refractivity contribution in [2.75, 3.05) is 13.2 Å². The van der Waals surface area contributed by atoms with E-state index in [0.717, 1.165) is 28.2 Å². The number of amides is 1. The smallest absolute Gasteiger partial charge is 0.262 e. The third kappa shape index (κ3) is 3.23. The van der Waals surface area contributed by atoms with Gasteiger partial charge in [0.15, 0.2) is 11.5 Å². The number of para-hydroxylation sites is 1. The summed E-state index contributed by atoms with van der Waals surface area (Å²) in [6.45, 7) is 1.48. The summed E-state index contributed by atoms with van der Waals surface area (Å²) in [5, 5.41) is 4.94. The summed E-state index contributed by atoms with van der Waals surface area (Å²) in [6.07, 6.45) is 0. The summed E-state index contributed by atoms with van der Waals surface area (Å²) in [5.74, 6) is 1.38. The topological polar surface area (TPSA) is 47.6 Å². The molecule has 1 amide bonds. The van der Waals surface area contributed by atoms with Crippen molar-refractivity contribution >= 4 is 17.2 Å². The summed E-state index contributed by atoms with van der Waals surface area (Å²) < 4.78 is 11.3. The van der Waals surface area contributed by atoms with Crippen molar-refractivity contribution in [3.8, 4) is 22.6 Å². The first-order chi connectivity index (χ1) is 12.3. The molecule has 1 N–H and O–H groups in total. The summed E-state index contributed by atoms with van der Waals surface area (Å²) in [5.41, 5.74) is 2.92. The normalized spacial score (nSPS) is 12.6. The maximum absolute atomic E-state index is 12.7. The Morgan fingerprint density at radius 2 is 1.84 bits per heavy atom. The second kappa shape index (κ2) is 6.99. The Balaban J connectivity index is 1.52. The van der Waals surface area contributed by atoms with Gasteiger partial charge in [0.05, 0.1) is 4.88 Å². The maximum atomic E-state index is 12.7. The van der Waals surface area contributed by atoms with Gasteiger partial charge in [-0.3, -0.25) is 4.79 Å². The molecule has 4 nitrogen and oxygen atoms in total. The molecule has 0 saturated heterocycles. The minimum absolute atomic E-state index is 0.0804. The van der Waals surface area contributed by atoms with Crippen molar-refractivity contribution in [3.05, 3.63) is 70.4 Å². The van der Waals surface area contributed by atoms with Crippen LogP contribution >= 0.6 is 11.3 Å². The van der Waals surface area contributed by atoms with E-state index in [1.807, 2.05) is 60.0 Å². The zero-order chi connectivity index (χ0) is 17.1. The van der Waals surface area contributed by atoms with Gasteiger partial charge in [0.25, 0.3) is 5.91 Å². The van der Waals surface area contributed by atoms with E-state index in [1.54, 1.807) is 0 Å². The van der Waals surface area contributed by atoms with Crippen LogP contribution in [0.4, 0.5) is 0 Å². The highest BCUT2D eigenvalue weighted by Gasteiger charge is 2.18. The molecule has 1 aliphatic heterocycles. The van der Waals surface area contributed by atoms with Gasteiger partial charge in [0, 0.05) is 17.7 Å². The van der Waals surface area contributed by atoms with E-state index < -0.39 is 0 Å². The Kier molecular flexibility index (Phi) is 4.39. The van der Waals surface area contributed by atoms with E-state index in [4.69, 9.17) is 9.47 Å². The van der Waals surface area contributed by atoms with Crippen molar-refractivity contribution in [1.29, 1.82) is 0 Å². The van der Waals surface area contributed by atoms with E-state index in [9.17, 15) is 4.79 Å². The Labute approximate surface area is 150 Å². The standard InChI is InChI=1S/C20H17NO3S/c22-20(19-16(9-12-25-19)14-5-2-1-3-6-14)21-13-15-7-4-8-17-18(15)24-11-10-23-17/h1-9,12H,10-11,13H2,(H,21,22). The average molecular weight is 351 g/mol. The number of carbonyl (C=O) groups is 1. The lowest BCUT2D eigenvalue weighted by Crippen LogP contribution is -2.24. The minimum atomic E-state index is -0.0804. The lowest BCUT2D eigenvalue weighted by molar-refractivity contribution is 0.0954. The maximum Gasteiger partial charge on any atom is 0.262 e.